The minimum atomic E-state index is -2.02. The van der Waals surface area contributed by atoms with Gasteiger partial charge in [0.05, 0.1) is 16.6 Å². The summed E-state index contributed by atoms with van der Waals surface area (Å²) in [6.07, 6.45) is 9.32. The second-order valence-corrected chi connectivity index (χ2v) is 14.4. The zero-order chi connectivity index (χ0) is 25.6. The molecular weight excluding hydrogens is 440 g/mol. The zero-order valence-electron chi connectivity index (χ0n) is 22.2. The van der Waals surface area contributed by atoms with Gasteiger partial charge < -0.3 is 14.9 Å². The molecule has 7 aliphatic rings. The second kappa shape index (κ2) is 6.39. The molecule has 5 bridgehead atoms. The molecule has 5 nitrogen and oxygen atoms in total. The normalized spacial score (nSPS) is 51.7. The van der Waals surface area contributed by atoms with E-state index in [-0.39, 0.29) is 29.0 Å². The van der Waals surface area contributed by atoms with Crippen molar-refractivity contribution in [3.8, 4) is 0 Å². The van der Waals surface area contributed by atoms with Crippen molar-refractivity contribution >= 4 is 11.6 Å². The molecule has 7 rings (SSSR count). The van der Waals surface area contributed by atoms with E-state index in [1.54, 1.807) is 13.8 Å². The molecule has 35 heavy (non-hydrogen) atoms. The van der Waals surface area contributed by atoms with Gasteiger partial charge in [-0.15, -0.1) is 0 Å². The summed E-state index contributed by atoms with van der Waals surface area (Å²) >= 11 is 0. The van der Waals surface area contributed by atoms with Crippen molar-refractivity contribution in [2.75, 3.05) is 0 Å². The van der Waals surface area contributed by atoms with Gasteiger partial charge in [0, 0.05) is 11.3 Å². The molecule has 0 aromatic carbocycles. The van der Waals surface area contributed by atoms with Crippen molar-refractivity contribution in [3.05, 3.63) is 24.3 Å². The Kier molecular flexibility index (Phi) is 4.39. The summed E-state index contributed by atoms with van der Waals surface area (Å²) < 4.78 is 6.89. The molecule has 0 amide bonds. The van der Waals surface area contributed by atoms with Crippen LogP contribution in [0.5, 0.6) is 0 Å². The molecule has 0 radical (unpaired) electrons. The van der Waals surface area contributed by atoms with Crippen LogP contribution in [0, 0.1) is 45.3 Å². The van der Waals surface area contributed by atoms with Crippen LogP contribution in [0.3, 0.4) is 0 Å². The number of ether oxygens (including phenoxy) is 1. The fourth-order valence-electron chi connectivity index (χ4n) is 11.1. The van der Waals surface area contributed by atoms with Gasteiger partial charge in [-0.25, -0.2) is 0 Å². The van der Waals surface area contributed by atoms with Gasteiger partial charge in [0.1, 0.15) is 5.41 Å². The molecule has 2 spiro atoms. The number of carbonyl (C=O) groups is 2. The molecule has 6 fully saturated rings. The molecule has 5 saturated carbocycles. The summed E-state index contributed by atoms with van der Waals surface area (Å²) in [6.45, 7) is 15.9. The summed E-state index contributed by atoms with van der Waals surface area (Å²) in [5.74, 6) is -3.76. The predicted octanol–water partition coefficient (Wildman–Crippen LogP) is 4.75. The van der Waals surface area contributed by atoms with Gasteiger partial charge in [-0.3, -0.25) is 9.59 Å². The predicted molar refractivity (Wildman–Crippen MR) is 132 cm³/mol. The number of ketones is 2. The van der Waals surface area contributed by atoms with Crippen molar-refractivity contribution in [2.24, 2.45) is 45.3 Å². The summed E-state index contributed by atoms with van der Waals surface area (Å²) in [6, 6.07) is 0. The van der Waals surface area contributed by atoms with Crippen molar-refractivity contribution in [2.45, 2.75) is 103 Å². The fraction of sp³-hybridized carbons (Fsp3) is 0.800. The number of rotatable bonds is 3. The van der Waals surface area contributed by atoms with Crippen LogP contribution in [0.2, 0.25) is 0 Å². The van der Waals surface area contributed by atoms with Crippen molar-refractivity contribution < 1.29 is 24.5 Å². The Hall–Kier alpha value is -1.30. The molecule has 1 saturated heterocycles. The first kappa shape index (κ1) is 24.1. The number of carbonyl (C=O) groups excluding carboxylic acids is 2. The topological polar surface area (TPSA) is 83.8 Å². The van der Waals surface area contributed by atoms with Crippen LogP contribution in [0.1, 0.15) is 86.5 Å². The summed E-state index contributed by atoms with van der Waals surface area (Å²) in [5, 5.41) is 24.3. The average molecular weight is 483 g/mol. The van der Waals surface area contributed by atoms with E-state index in [1.165, 1.54) is 0 Å². The van der Waals surface area contributed by atoms with E-state index in [9.17, 15) is 15.0 Å². The lowest BCUT2D eigenvalue weighted by Gasteiger charge is -2.74. The molecule has 1 aliphatic heterocycles. The Bertz CT molecular complexity index is 1080. The van der Waals surface area contributed by atoms with E-state index in [1.807, 2.05) is 19.9 Å². The number of Topliss-reactive ketones (excluding diaryl/α,β-unsaturated/α-hetero) is 2. The van der Waals surface area contributed by atoms with E-state index in [0.29, 0.717) is 19.3 Å². The number of hydrogen-bond donors (Lipinski definition) is 2. The highest BCUT2D eigenvalue weighted by molar-refractivity contribution is 6.18. The van der Waals surface area contributed by atoms with Crippen LogP contribution in [0.15, 0.2) is 24.3 Å². The third kappa shape index (κ3) is 2.22. The summed E-state index contributed by atoms with van der Waals surface area (Å²) in [7, 11) is 0. The fourth-order valence-corrected chi connectivity index (χ4v) is 11.1. The minimum absolute atomic E-state index is 0.00625. The van der Waals surface area contributed by atoms with E-state index >= 15 is 4.79 Å². The monoisotopic (exact) mass is 482 g/mol. The van der Waals surface area contributed by atoms with Gasteiger partial charge in [-0.1, -0.05) is 58.4 Å². The highest BCUT2D eigenvalue weighted by Gasteiger charge is 2.93. The summed E-state index contributed by atoms with van der Waals surface area (Å²) in [5.41, 5.74) is -4.41. The lowest BCUT2D eigenvalue weighted by Crippen LogP contribution is -2.85. The molecule has 0 aromatic heterocycles. The maximum absolute atomic E-state index is 15.1. The maximum atomic E-state index is 15.1. The highest BCUT2D eigenvalue weighted by atomic mass is 16.7. The second-order valence-electron chi connectivity index (χ2n) is 14.4. The van der Waals surface area contributed by atoms with Gasteiger partial charge in [0.2, 0.25) is 11.6 Å². The quantitative estimate of drug-likeness (QED) is 0.567. The maximum Gasteiger partial charge on any atom is 0.235 e. The SMILES string of the molecule is C=CC1=C[C@@H]2[C@H](C(C)(C)O)[C@]3(C(C)C)C(=O)[C@]4(CC[C@H]5C(C)(C)CCC[C@]56C[C@]24[C@@](O)(O6)C3=O)C1. The Balaban J connectivity index is 1.74. The first-order valence-electron chi connectivity index (χ1n) is 13.7. The van der Waals surface area contributed by atoms with Gasteiger partial charge in [-0.2, -0.15) is 0 Å². The summed E-state index contributed by atoms with van der Waals surface area (Å²) in [4.78, 5) is 29.8. The molecule has 5 heteroatoms. The highest BCUT2D eigenvalue weighted by Crippen LogP contribution is 2.84. The van der Waals surface area contributed by atoms with E-state index in [2.05, 4.69) is 26.5 Å². The molecule has 8 atom stereocenters. The van der Waals surface area contributed by atoms with E-state index in [0.717, 1.165) is 31.3 Å². The number of hydrogen-bond acceptors (Lipinski definition) is 5. The van der Waals surface area contributed by atoms with Crippen LogP contribution >= 0.6 is 0 Å². The third-order valence-electron chi connectivity index (χ3n) is 12.0. The number of allylic oxidation sites excluding steroid dienone is 3. The molecule has 192 valence electrons. The Labute approximate surface area is 209 Å². The first-order chi connectivity index (χ1) is 16.1. The van der Waals surface area contributed by atoms with Gasteiger partial charge >= 0.3 is 0 Å². The van der Waals surface area contributed by atoms with Gasteiger partial charge in [-0.05, 0) is 75.5 Å². The molecule has 6 aliphatic carbocycles. The molecule has 0 unspecified atom stereocenters. The van der Waals surface area contributed by atoms with Crippen LogP contribution < -0.4 is 0 Å². The average Bonchev–Trinajstić information content (AvgIpc) is 2.91. The van der Waals surface area contributed by atoms with Crippen LogP contribution in [0.25, 0.3) is 0 Å². The minimum Gasteiger partial charge on any atom is -0.390 e. The zero-order valence-corrected chi connectivity index (χ0v) is 22.2. The lowest BCUT2D eigenvalue weighted by molar-refractivity contribution is -0.338. The lowest BCUT2D eigenvalue weighted by atomic mass is 9.27. The standard InChI is InChI=1S/C30H42O5/c1-8-18-14-19-21(25(6,7)33)29(17(2)3)22(31)26(15-18)13-10-20-24(4,5)11-9-12-27(20)16-28(19,26)30(34,35-27)23(29)32/h8,14,17,19-21,33-34H,1,9-13,15-16H2,2-7H3/t19-,20+,21-,26+,27+,28+,29-,30+/m1/s1. The third-order valence-corrected chi connectivity index (χ3v) is 12.0. The van der Waals surface area contributed by atoms with Crippen LogP contribution in [0.4, 0.5) is 0 Å². The Morgan fingerprint density at radius 3 is 2.46 bits per heavy atom. The molecule has 1 heterocycles. The van der Waals surface area contributed by atoms with Crippen molar-refractivity contribution in [1.82, 2.24) is 0 Å². The first-order valence-corrected chi connectivity index (χ1v) is 13.7. The molecule has 0 aromatic rings. The molecule has 2 N–H and O–H groups in total. The number of aliphatic hydroxyl groups is 2. The van der Waals surface area contributed by atoms with Gasteiger partial charge in [0.15, 0.2) is 5.78 Å². The van der Waals surface area contributed by atoms with E-state index < -0.39 is 44.9 Å². The van der Waals surface area contributed by atoms with Crippen molar-refractivity contribution in [1.29, 1.82) is 0 Å². The van der Waals surface area contributed by atoms with Crippen LogP contribution in [-0.2, 0) is 14.3 Å². The van der Waals surface area contributed by atoms with E-state index in [4.69, 9.17) is 4.74 Å². The van der Waals surface area contributed by atoms with Crippen molar-refractivity contribution in [3.63, 3.8) is 0 Å². The Morgan fingerprint density at radius 1 is 1.17 bits per heavy atom. The molecular formula is C30H42O5. The smallest absolute Gasteiger partial charge is 0.235 e. The Morgan fingerprint density at radius 2 is 1.86 bits per heavy atom. The van der Waals surface area contributed by atoms with Gasteiger partial charge in [0.25, 0.3) is 0 Å². The van der Waals surface area contributed by atoms with Crippen LogP contribution in [-0.4, -0.2) is 38.8 Å². The largest absolute Gasteiger partial charge is 0.390 e.